The maximum absolute atomic E-state index is 12.4. The van der Waals surface area contributed by atoms with Gasteiger partial charge in [-0.15, -0.1) is 0 Å². The molecular weight excluding hydrogens is 881 g/mol. The molecule has 0 unspecified atom stereocenters. The first-order valence-corrected chi connectivity index (χ1v) is 13.8. The Morgan fingerprint density at radius 2 is 1.69 bits per heavy atom. The average Bonchev–Trinajstić information content (AvgIpc) is 3.10. The molecular formula is C23H12ClI4NO3. The molecule has 1 aliphatic heterocycles. The highest BCUT2D eigenvalue weighted by Crippen LogP contribution is 2.32. The monoisotopic (exact) mass is 893 g/mol. The van der Waals surface area contributed by atoms with Crippen LogP contribution in [-0.2, 0) is 16.1 Å². The summed E-state index contributed by atoms with van der Waals surface area (Å²) in [6.45, 7) is 0.488. The van der Waals surface area contributed by atoms with Crippen molar-refractivity contribution in [3.63, 3.8) is 0 Å². The molecule has 3 aromatic carbocycles. The van der Waals surface area contributed by atoms with Crippen LogP contribution in [0.4, 0.5) is 0 Å². The first kappa shape index (κ1) is 24.7. The Bertz CT molecular complexity index is 1270. The predicted molar refractivity (Wildman–Crippen MR) is 160 cm³/mol. The number of ether oxygens (including phenoxy) is 2. The van der Waals surface area contributed by atoms with E-state index in [-0.39, 0.29) is 11.6 Å². The van der Waals surface area contributed by atoms with Crippen molar-refractivity contribution >= 4 is 120 Å². The van der Waals surface area contributed by atoms with E-state index in [2.05, 4.69) is 107 Å². The van der Waals surface area contributed by atoms with E-state index in [0.717, 1.165) is 31.2 Å². The number of nitrogens with zero attached hydrogens (tertiary/aromatic N) is 1. The zero-order valence-electron chi connectivity index (χ0n) is 16.0. The van der Waals surface area contributed by atoms with Crippen LogP contribution >= 0.6 is 102 Å². The summed E-state index contributed by atoms with van der Waals surface area (Å²) in [5.74, 6) is 0.530. The largest absolute Gasteiger partial charge is 0.487 e. The number of rotatable bonds is 5. The van der Waals surface area contributed by atoms with Crippen LogP contribution in [0, 0.1) is 14.3 Å². The fourth-order valence-corrected chi connectivity index (χ4v) is 6.27. The SMILES string of the molecule is O=C1OC(c2cc(I)ccc2Cl)=N/C1=C\c1cc(I)c(OCc2ccccc2I)c(I)c1. The minimum atomic E-state index is -0.501. The van der Waals surface area contributed by atoms with E-state index in [9.17, 15) is 4.79 Å². The summed E-state index contributed by atoms with van der Waals surface area (Å²) >= 11 is 15.2. The number of benzene rings is 3. The summed E-state index contributed by atoms with van der Waals surface area (Å²) in [6.07, 6.45) is 1.71. The van der Waals surface area contributed by atoms with Gasteiger partial charge in [-0.25, -0.2) is 9.79 Å². The van der Waals surface area contributed by atoms with Gasteiger partial charge in [0.2, 0.25) is 5.90 Å². The molecule has 162 valence electrons. The van der Waals surface area contributed by atoms with Gasteiger partial charge in [0.15, 0.2) is 5.70 Å². The zero-order valence-corrected chi connectivity index (χ0v) is 25.4. The predicted octanol–water partition coefficient (Wildman–Crippen LogP) is 7.68. The highest BCUT2D eigenvalue weighted by Gasteiger charge is 2.26. The first-order chi connectivity index (χ1) is 15.3. The van der Waals surface area contributed by atoms with Crippen molar-refractivity contribution in [1.82, 2.24) is 0 Å². The lowest BCUT2D eigenvalue weighted by Gasteiger charge is -2.12. The molecule has 0 saturated carbocycles. The molecule has 32 heavy (non-hydrogen) atoms. The van der Waals surface area contributed by atoms with Crippen LogP contribution in [0.15, 0.2) is 65.3 Å². The molecule has 0 amide bonds. The molecule has 4 nitrogen and oxygen atoms in total. The lowest BCUT2D eigenvalue weighted by molar-refractivity contribution is -0.129. The Labute approximate surface area is 244 Å². The molecule has 1 heterocycles. The second-order valence-electron chi connectivity index (χ2n) is 6.65. The molecule has 0 N–H and O–H groups in total. The van der Waals surface area contributed by atoms with E-state index in [1.165, 1.54) is 0 Å². The third-order valence-corrected chi connectivity index (χ3v) is 8.09. The molecule has 0 aliphatic carbocycles. The van der Waals surface area contributed by atoms with Crippen LogP contribution in [0.3, 0.4) is 0 Å². The molecule has 0 bridgehead atoms. The number of hydrogen-bond acceptors (Lipinski definition) is 4. The second kappa shape index (κ2) is 10.9. The van der Waals surface area contributed by atoms with Gasteiger partial charge in [0, 0.05) is 12.7 Å². The van der Waals surface area contributed by atoms with E-state index in [1.54, 1.807) is 12.1 Å². The summed E-state index contributed by atoms with van der Waals surface area (Å²) in [6, 6.07) is 17.5. The third kappa shape index (κ3) is 5.78. The molecule has 1 aliphatic rings. The van der Waals surface area contributed by atoms with Crippen molar-refractivity contribution in [1.29, 1.82) is 0 Å². The number of aliphatic imine (C=N–C) groups is 1. The molecule has 9 heteroatoms. The van der Waals surface area contributed by atoms with Gasteiger partial charge in [-0.2, -0.15) is 0 Å². The lowest BCUT2D eigenvalue weighted by atomic mass is 10.2. The lowest BCUT2D eigenvalue weighted by Crippen LogP contribution is -2.06. The minimum Gasteiger partial charge on any atom is -0.487 e. The zero-order chi connectivity index (χ0) is 22.8. The fraction of sp³-hybridized carbons (Fsp3) is 0.0435. The van der Waals surface area contributed by atoms with Gasteiger partial charge in [0.1, 0.15) is 12.4 Å². The Morgan fingerprint density at radius 3 is 2.41 bits per heavy atom. The highest BCUT2D eigenvalue weighted by atomic mass is 127. The molecule has 0 spiro atoms. The minimum absolute atomic E-state index is 0.214. The summed E-state index contributed by atoms with van der Waals surface area (Å²) < 4.78 is 15.5. The van der Waals surface area contributed by atoms with Crippen molar-refractivity contribution in [3.8, 4) is 5.75 Å². The quantitative estimate of drug-likeness (QED) is 0.150. The first-order valence-electron chi connectivity index (χ1n) is 9.15. The topological polar surface area (TPSA) is 47.9 Å². The van der Waals surface area contributed by atoms with Gasteiger partial charge in [-0.3, -0.25) is 0 Å². The highest BCUT2D eigenvalue weighted by molar-refractivity contribution is 14.1. The average molecular weight is 893 g/mol. The smallest absolute Gasteiger partial charge is 0.363 e. The van der Waals surface area contributed by atoms with Gasteiger partial charge in [0.25, 0.3) is 0 Å². The Balaban J connectivity index is 1.59. The standard InChI is InChI=1S/C23H12ClI4NO3/c24-16-6-5-14(25)10-15(16)22-29-20(23(30)32-22)9-12-7-18(27)21(19(28)8-12)31-11-13-3-1-2-4-17(13)26/h1-10H,11H2/b20-9-. The van der Waals surface area contributed by atoms with Crippen LogP contribution < -0.4 is 4.74 Å². The van der Waals surface area contributed by atoms with Crippen LogP contribution in [-0.4, -0.2) is 11.9 Å². The summed E-state index contributed by atoms with van der Waals surface area (Å²) in [7, 11) is 0. The molecule has 3 aromatic rings. The number of carbonyl (C=O) groups excluding carboxylic acids is 1. The second-order valence-corrected chi connectivity index (χ2v) is 11.8. The van der Waals surface area contributed by atoms with E-state index in [1.807, 2.05) is 36.4 Å². The Morgan fingerprint density at radius 1 is 0.969 bits per heavy atom. The summed E-state index contributed by atoms with van der Waals surface area (Å²) in [5.41, 5.74) is 2.80. The van der Waals surface area contributed by atoms with Crippen molar-refractivity contribution in [3.05, 3.63) is 96.3 Å². The van der Waals surface area contributed by atoms with E-state index in [0.29, 0.717) is 17.2 Å². The number of esters is 1. The van der Waals surface area contributed by atoms with E-state index in [4.69, 9.17) is 21.1 Å². The van der Waals surface area contributed by atoms with Crippen LogP contribution in [0.5, 0.6) is 5.75 Å². The number of carbonyl (C=O) groups is 1. The maximum Gasteiger partial charge on any atom is 0.363 e. The van der Waals surface area contributed by atoms with E-state index < -0.39 is 5.97 Å². The van der Waals surface area contributed by atoms with Crippen LogP contribution in [0.2, 0.25) is 5.02 Å². The van der Waals surface area contributed by atoms with Gasteiger partial charge >= 0.3 is 5.97 Å². The van der Waals surface area contributed by atoms with Crippen molar-refractivity contribution < 1.29 is 14.3 Å². The number of halogens is 5. The molecule has 0 aromatic heterocycles. The fourth-order valence-electron chi connectivity index (χ4n) is 2.91. The number of hydrogen-bond donors (Lipinski definition) is 0. The van der Waals surface area contributed by atoms with Gasteiger partial charge in [-0.05, 0) is 138 Å². The van der Waals surface area contributed by atoms with Gasteiger partial charge in [0.05, 0.1) is 17.7 Å². The van der Waals surface area contributed by atoms with Crippen molar-refractivity contribution in [2.75, 3.05) is 0 Å². The van der Waals surface area contributed by atoms with Crippen LogP contribution in [0.1, 0.15) is 16.7 Å². The summed E-state index contributed by atoms with van der Waals surface area (Å²) in [4.78, 5) is 16.8. The summed E-state index contributed by atoms with van der Waals surface area (Å²) in [5, 5.41) is 0.483. The molecule has 0 saturated heterocycles. The van der Waals surface area contributed by atoms with Gasteiger partial charge in [-0.1, -0.05) is 29.8 Å². The normalized spacial score (nSPS) is 14.5. The van der Waals surface area contributed by atoms with Gasteiger partial charge < -0.3 is 9.47 Å². The van der Waals surface area contributed by atoms with Crippen molar-refractivity contribution in [2.45, 2.75) is 6.61 Å². The van der Waals surface area contributed by atoms with Crippen LogP contribution in [0.25, 0.3) is 6.08 Å². The Hall–Kier alpha value is -0.450. The Kier molecular flexibility index (Phi) is 8.38. The third-order valence-electron chi connectivity index (χ3n) is 4.43. The van der Waals surface area contributed by atoms with Crippen molar-refractivity contribution in [2.24, 2.45) is 4.99 Å². The maximum atomic E-state index is 12.4. The molecule has 0 radical (unpaired) electrons. The number of cyclic esters (lactones) is 1. The molecule has 0 atom stereocenters. The molecule has 4 rings (SSSR count). The molecule has 0 fully saturated rings. The van der Waals surface area contributed by atoms with E-state index >= 15 is 0 Å².